The van der Waals surface area contributed by atoms with Crippen LogP contribution in [0.5, 0.6) is 0 Å². The molecule has 0 aliphatic carbocycles. The maximum Gasteiger partial charge on any atom is 0.0637 e. The number of benzene rings is 1. The van der Waals surface area contributed by atoms with Gasteiger partial charge in [0.1, 0.15) is 0 Å². The Kier molecular flexibility index (Phi) is 4.88. The van der Waals surface area contributed by atoms with Crippen LogP contribution in [0.15, 0.2) is 18.2 Å². The van der Waals surface area contributed by atoms with Gasteiger partial charge >= 0.3 is 0 Å². The molecule has 0 saturated carbocycles. The molecular weight excluding hydrogens is 212 g/mol. The molecule has 0 aliphatic heterocycles. The fraction of sp³-hybridized carbons (Fsp3) is 0.455. The van der Waals surface area contributed by atoms with Crippen molar-refractivity contribution >= 4 is 17.3 Å². The van der Waals surface area contributed by atoms with Crippen molar-refractivity contribution in [2.45, 2.75) is 6.54 Å². The fourth-order valence-electron chi connectivity index (χ4n) is 1.41. The number of ether oxygens (including phenoxy) is 1. The summed E-state index contributed by atoms with van der Waals surface area (Å²) in [6.45, 7) is 2.03. The second kappa shape index (κ2) is 5.95. The lowest BCUT2D eigenvalue weighted by atomic mass is 10.1. The van der Waals surface area contributed by atoms with Crippen LogP contribution < -0.4 is 10.6 Å². The third kappa shape index (κ3) is 3.38. The van der Waals surface area contributed by atoms with E-state index in [2.05, 4.69) is 4.90 Å². The number of hydrogen-bond acceptors (Lipinski definition) is 3. The number of likely N-dealkylation sites (N-methyl/N-ethyl adjacent to an activating group) is 1. The molecular formula is C11H17ClN2O. The van der Waals surface area contributed by atoms with Gasteiger partial charge in [-0.15, -0.1) is 0 Å². The van der Waals surface area contributed by atoms with Gasteiger partial charge in [0, 0.05) is 38.0 Å². The van der Waals surface area contributed by atoms with E-state index in [1.807, 2.05) is 25.2 Å². The number of anilines is 1. The summed E-state index contributed by atoms with van der Waals surface area (Å²) in [4.78, 5) is 2.09. The third-order valence-corrected chi connectivity index (χ3v) is 2.54. The van der Waals surface area contributed by atoms with E-state index in [-0.39, 0.29) is 0 Å². The van der Waals surface area contributed by atoms with E-state index in [0.29, 0.717) is 13.2 Å². The van der Waals surface area contributed by atoms with Crippen LogP contribution in [0, 0.1) is 0 Å². The summed E-state index contributed by atoms with van der Waals surface area (Å²) >= 11 is 5.95. The lowest BCUT2D eigenvalue weighted by molar-refractivity contribution is 0.206. The summed E-state index contributed by atoms with van der Waals surface area (Å²) < 4.78 is 5.03. The van der Waals surface area contributed by atoms with Crippen LogP contribution in [0.2, 0.25) is 5.02 Å². The van der Waals surface area contributed by atoms with Gasteiger partial charge in [-0.1, -0.05) is 17.7 Å². The molecule has 84 valence electrons. The molecule has 0 saturated heterocycles. The Hall–Kier alpha value is -0.770. The molecule has 0 aliphatic rings. The minimum Gasteiger partial charge on any atom is -0.383 e. The van der Waals surface area contributed by atoms with E-state index >= 15 is 0 Å². The summed E-state index contributed by atoms with van der Waals surface area (Å²) in [5, 5.41) is 0.728. The number of nitrogens with two attached hydrogens (primary N) is 1. The van der Waals surface area contributed by atoms with Crippen LogP contribution >= 0.6 is 11.6 Å². The van der Waals surface area contributed by atoms with Gasteiger partial charge in [0.2, 0.25) is 0 Å². The predicted octanol–water partition coefficient (Wildman–Crippen LogP) is 1.88. The largest absolute Gasteiger partial charge is 0.383 e. The molecule has 3 nitrogen and oxygen atoms in total. The van der Waals surface area contributed by atoms with Crippen molar-refractivity contribution in [2.75, 3.05) is 32.2 Å². The highest BCUT2D eigenvalue weighted by Gasteiger charge is 2.06. The Morgan fingerprint density at radius 2 is 2.20 bits per heavy atom. The minimum atomic E-state index is 0.518. The average Bonchev–Trinajstić information content (AvgIpc) is 2.25. The van der Waals surface area contributed by atoms with Crippen molar-refractivity contribution in [3.05, 3.63) is 28.8 Å². The lowest BCUT2D eigenvalue weighted by Gasteiger charge is -2.22. The Balaban J connectivity index is 2.85. The van der Waals surface area contributed by atoms with Crippen molar-refractivity contribution in [1.29, 1.82) is 0 Å². The molecule has 0 radical (unpaired) electrons. The fourth-order valence-corrected chi connectivity index (χ4v) is 1.58. The molecule has 4 heteroatoms. The maximum absolute atomic E-state index is 5.95. The van der Waals surface area contributed by atoms with Gasteiger partial charge < -0.3 is 15.4 Å². The Bertz CT molecular complexity index is 317. The maximum atomic E-state index is 5.95. The highest BCUT2D eigenvalue weighted by atomic mass is 35.5. The van der Waals surface area contributed by atoms with Gasteiger partial charge in [0.25, 0.3) is 0 Å². The summed E-state index contributed by atoms with van der Waals surface area (Å²) in [6.07, 6.45) is 0. The second-order valence-electron chi connectivity index (χ2n) is 3.39. The number of rotatable bonds is 5. The van der Waals surface area contributed by atoms with Crippen LogP contribution in [-0.4, -0.2) is 27.3 Å². The molecule has 1 rings (SSSR count). The normalized spacial score (nSPS) is 10.4. The van der Waals surface area contributed by atoms with Crippen molar-refractivity contribution < 1.29 is 4.74 Å². The van der Waals surface area contributed by atoms with Gasteiger partial charge in [-0.05, 0) is 17.7 Å². The van der Waals surface area contributed by atoms with E-state index in [9.17, 15) is 0 Å². The molecule has 0 atom stereocenters. The van der Waals surface area contributed by atoms with Crippen LogP contribution in [0.3, 0.4) is 0 Å². The monoisotopic (exact) mass is 228 g/mol. The van der Waals surface area contributed by atoms with Gasteiger partial charge in [-0.3, -0.25) is 0 Å². The molecule has 15 heavy (non-hydrogen) atoms. The summed E-state index contributed by atoms with van der Waals surface area (Å²) in [7, 11) is 3.69. The highest BCUT2D eigenvalue weighted by Crippen LogP contribution is 2.23. The molecule has 0 bridgehead atoms. The Morgan fingerprint density at radius 3 is 2.80 bits per heavy atom. The SMILES string of the molecule is COCCN(C)c1cc(Cl)ccc1CN. The van der Waals surface area contributed by atoms with Gasteiger partial charge in [-0.25, -0.2) is 0 Å². The first-order valence-electron chi connectivity index (χ1n) is 4.87. The highest BCUT2D eigenvalue weighted by molar-refractivity contribution is 6.30. The smallest absolute Gasteiger partial charge is 0.0637 e. The van der Waals surface area contributed by atoms with Gasteiger partial charge in [-0.2, -0.15) is 0 Å². The van der Waals surface area contributed by atoms with E-state index in [1.165, 1.54) is 0 Å². The van der Waals surface area contributed by atoms with Crippen molar-refractivity contribution in [1.82, 2.24) is 0 Å². The quantitative estimate of drug-likeness (QED) is 0.837. The van der Waals surface area contributed by atoms with Crippen LogP contribution in [0.4, 0.5) is 5.69 Å². The van der Waals surface area contributed by atoms with Crippen molar-refractivity contribution in [3.8, 4) is 0 Å². The standard InChI is InChI=1S/C11H17ClN2O/c1-14(5-6-15-2)11-7-10(12)4-3-9(11)8-13/h3-4,7H,5-6,8,13H2,1-2H3. The molecule has 2 N–H and O–H groups in total. The molecule has 1 aromatic rings. The minimum absolute atomic E-state index is 0.518. The zero-order valence-electron chi connectivity index (χ0n) is 9.16. The zero-order valence-corrected chi connectivity index (χ0v) is 9.92. The Labute approximate surface area is 95.8 Å². The van der Waals surface area contributed by atoms with Gasteiger partial charge in [0.15, 0.2) is 0 Å². The molecule has 1 aromatic carbocycles. The van der Waals surface area contributed by atoms with Crippen molar-refractivity contribution in [3.63, 3.8) is 0 Å². The molecule has 0 spiro atoms. The second-order valence-corrected chi connectivity index (χ2v) is 3.83. The zero-order chi connectivity index (χ0) is 11.3. The van der Waals surface area contributed by atoms with E-state index in [4.69, 9.17) is 22.1 Å². The van der Waals surface area contributed by atoms with Crippen LogP contribution in [-0.2, 0) is 11.3 Å². The number of methoxy groups -OCH3 is 1. The van der Waals surface area contributed by atoms with Crippen LogP contribution in [0.1, 0.15) is 5.56 Å². The lowest BCUT2D eigenvalue weighted by Crippen LogP contribution is -2.23. The molecule has 0 heterocycles. The topological polar surface area (TPSA) is 38.5 Å². The van der Waals surface area contributed by atoms with Gasteiger partial charge in [0.05, 0.1) is 6.61 Å². The molecule has 0 fully saturated rings. The number of halogens is 1. The van der Waals surface area contributed by atoms with E-state index in [1.54, 1.807) is 7.11 Å². The summed E-state index contributed by atoms with van der Waals surface area (Å²) in [6, 6.07) is 5.75. The summed E-state index contributed by atoms with van der Waals surface area (Å²) in [5.41, 5.74) is 7.83. The van der Waals surface area contributed by atoms with E-state index < -0.39 is 0 Å². The first kappa shape index (κ1) is 12.3. The van der Waals surface area contributed by atoms with Crippen LogP contribution in [0.25, 0.3) is 0 Å². The molecule has 0 aromatic heterocycles. The molecule has 0 amide bonds. The van der Waals surface area contributed by atoms with Crippen molar-refractivity contribution in [2.24, 2.45) is 5.73 Å². The average molecular weight is 229 g/mol. The third-order valence-electron chi connectivity index (χ3n) is 2.31. The van der Waals surface area contributed by atoms with E-state index in [0.717, 1.165) is 22.8 Å². The molecule has 0 unspecified atom stereocenters. The first-order valence-corrected chi connectivity index (χ1v) is 5.25. The Morgan fingerprint density at radius 1 is 1.47 bits per heavy atom. The summed E-state index contributed by atoms with van der Waals surface area (Å²) in [5.74, 6) is 0. The first-order chi connectivity index (χ1) is 7.19. The number of nitrogens with zero attached hydrogens (tertiary/aromatic N) is 1. The predicted molar refractivity (Wildman–Crippen MR) is 64.5 cm³/mol. The number of hydrogen-bond donors (Lipinski definition) is 1.